The Kier molecular flexibility index (Phi) is 6.68. The molecule has 0 aromatic heterocycles. The highest BCUT2D eigenvalue weighted by molar-refractivity contribution is 8.00. The summed E-state index contributed by atoms with van der Waals surface area (Å²) < 4.78 is 5.43. The predicted octanol–water partition coefficient (Wildman–Crippen LogP) is 3.42. The van der Waals surface area contributed by atoms with E-state index < -0.39 is 0 Å². The minimum atomic E-state index is 0.0895. The predicted molar refractivity (Wildman–Crippen MR) is 114 cm³/mol. The highest BCUT2D eigenvalue weighted by Gasteiger charge is 2.14. The molecule has 1 saturated heterocycles. The van der Waals surface area contributed by atoms with Crippen LogP contribution in [0, 0.1) is 0 Å². The summed E-state index contributed by atoms with van der Waals surface area (Å²) in [6.07, 6.45) is 3.63. The minimum absolute atomic E-state index is 0.0895. The van der Waals surface area contributed by atoms with Crippen molar-refractivity contribution in [1.29, 1.82) is 0 Å². The third-order valence-electron chi connectivity index (χ3n) is 5.53. The van der Waals surface area contributed by atoms with Crippen LogP contribution in [0.3, 0.4) is 0 Å². The molecular weight excluding hydrogens is 368 g/mol. The number of fused-ring (bicyclic) bond motifs is 1. The zero-order valence-electron chi connectivity index (χ0n) is 16.3. The molecule has 0 bridgehead atoms. The Morgan fingerprint density at radius 1 is 1.04 bits per heavy atom. The number of ether oxygens (including phenoxy) is 1. The number of amides is 1. The Labute approximate surface area is 171 Å². The standard InChI is InChI=1S/C23H28N2O2S/c26-23(17-28-22-9-8-18-6-3-7-19(18)14-22)24-15-20-4-1-2-5-21(20)16-25-10-12-27-13-11-25/h1-2,4-5,8-9,14H,3,6-7,10-13,15-17H2,(H,24,26). The Hall–Kier alpha value is -1.82. The van der Waals surface area contributed by atoms with Crippen LogP contribution in [0.4, 0.5) is 0 Å². The van der Waals surface area contributed by atoms with Gasteiger partial charge in [0.1, 0.15) is 0 Å². The first kappa shape index (κ1) is 19.5. The van der Waals surface area contributed by atoms with Crippen molar-refractivity contribution < 1.29 is 9.53 Å². The summed E-state index contributed by atoms with van der Waals surface area (Å²) in [5, 5.41) is 3.10. The van der Waals surface area contributed by atoms with Crippen LogP contribution in [-0.2, 0) is 35.5 Å². The molecule has 0 atom stereocenters. The molecule has 1 aliphatic carbocycles. The quantitative estimate of drug-likeness (QED) is 0.728. The van der Waals surface area contributed by atoms with E-state index in [1.807, 2.05) is 6.07 Å². The number of carbonyl (C=O) groups is 1. The Balaban J connectivity index is 1.27. The molecule has 28 heavy (non-hydrogen) atoms. The highest BCUT2D eigenvalue weighted by Crippen LogP contribution is 2.27. The van der Waals surface area contributed by atoms with Crippen LogP contribution in [0.5, 0.6) is 0 Å². The van der Waals surface area contributed by atoms with Crippen molar-refractivity contribution >= 4 is 17.7 Å². The fraction of sp³-hybridized carbons (Fsp3) is 0.435. The van der Waals surface area contributed by atoms with E-state index in [0.29, 0.717) is 12.3 Å². The van der Waals surface area contributed by atoms with E-state index in [2.05, 4.69) is 46.6 Å². The monoisotopic (exact) mass is 396 g/mol. The number of nitrogens with one attached hydrogen (secondary N) is 1. The van der Waals surface area contributed by atoms with Crippen LogP contribution >= 0.6 is 11.8 Å². The average molecular weight is 397 g/mol. The Morgan fingerprint density at radius 2 is 1.82 bits per heavy atom. The summed E-state index contributed by atoms with van der Waals surface area (Å²) in [6.45, 7) is 5.05. The van der Waals surface area contributed by atoms with Crippen molar-refractivity contribution in [1.82, 2.24) is 10.2 Å². The van der Waals surface area contributed by atoms with E-state index >= 15 is 0 Å². The third-order valence-corrected chi connectivity index (χ3v) is 6.53. The molecule has 1 aliphatic heterocycles. The average Bonchev–Trinajstić information content (AvgIpc) is 3.20. The molecule has 4 rings (SSSR count). The second-order valence-electron chi connectivity index (χ2n) is 7.51. The molecule has 0 unspecified atom stereocenters. The summed E-state index contributed by atoms with van der Waals surface area (Å²) in [4.78, 5) is 16.0. The largest absolute Gasteiger partial charge is 0.379 e. The molecule has 4 nitrogen and oxygen atoms in total. The van der Waals surface area contributed by atoms with Crippen molar-refractivity contribution in [2.45, 2.75) is 37.2 Å². The van der Waals surface area contributed by atoms with Crippen molar-refractivity contribution in [3.8, 4) is 0 Å². The van der Waals surface area contributed by atoms with Crippen LogP contribution < -0.4 is 5.32 Å². The second kappa shape index (κ2) is 9.59. The van der Waals surface area contributed by atoms with E-state index in [-0.39, 0.29) is 5.91 Å². The van der Waals surface area contributed by atoms with Gasteiger partial charge in [-0.3, -0.25) is 9.69 Å². The summed E-state index contributed by atoms with van der Waals surface area (Å²) in [7, 11) is 0. The second-order valence-corrected chi connectivity index (χ2v) is 8.56. The lowest BCUT2D eigenvalue weighted by molar-refractivity contribution is -0.118. The van der Waals surface area contributed by atoms with Crippen LogP contribution in [-0.4, -0.2) is 42.9 Å². The van der Waals surface area contributed by atoms with E-state index in [1.165, 1.54) is 46.4 Å². The maximum Gasteiger partial charge on any atom is 0.230 e. The smallest absolute Gasteiger partial charge is 0.230 e. The van der Waals surface area contributed by atoms with Crippen LogP contribution in [0.2, 0.25) is 0 Å². The van der Waals surface area contributed by atoms with Crippen LogP contribution in [0.25, 0.3) is 0 Å². The third kappa shape index (κ3) is 5.16. The van der Waals surface area contributed by atoms with Gasteiger partial charge >= 0.3 is 0 Å². The zero-order valence-corrected chi connectivity index (χ0v) is 17.1. The number of hydrogen-bond acceptors (Lipinski definition) is 4. The highest BCUT2D eigenvalue weighted by atomic mass is 32.2. The molecule has 0 spiro atoms. The minimum Gasteiger partial charge on any atom is -0.379 e. The molecule has 5 heteroatoms. The molecule has 2 aromatic carbocycles. The topological polar surface area (TPSA) is 41.6 Å². The summed E-state index contributed by atoms with van der Waals surface area (Å²) in [6, 6.07) is 15.0. The van der Waals surface area contributed by atoms with E-state index in [0.717, 1.165) is 32.8 Å². The fourth-order valence-electron chi connectivity index (χ4n) is 3.92. The van der Waals surface area contributed by atoms with E-state index in [9.17, 15) is 4.79 Å². The van der Waals surface area contributed by atoms with Gasteiger partial charge in [0.15, 0.2) is 0 Å². The first-order valence-electron chi connectivity index (χ1n) is 10.2. The Bertz CT molecular complexity index is 818. The molecule has 1 amide bonds. The zero-order chi connectivity index (χ0) is 19.2. The van der Waals surface area contributed by atoms with Gasteiger partial charge in [-0.25, -0.2) is 0 Å². The van der Waals surface area contributed by atoms with E-state index in [1.54, 1.807) is 11.8 Å². The number of carbonyl (C=O) groups excluding carboxylic acids is 1. The molecule has 2 aromatic rings. The van der Waals surface area contributed by atoms with Crippen molar-refractivity contribution in [2.75, 3.05) is 32.1 Å². The van der Waals surface area contributed by atoms with Crippen LogP contribution in [0.15, 0.2) is 47.4 Å². The molecule has 2 aliphatic rings. The molecule has 1 fully saturated rings. The molecular formula is C23H28N2O2S. The van der Waals surface area contributed by atoms with Crippen molar-refractivity contribution in [3.05, 3.63) is 64.7 Å². The molecule has 0 radical (unpaired) electrons. The number of benzene rings is 2. The van der Waals surface area contributed by atoms with Gasteiger partial charge in [0.05, 0.1) is 19.0 Å². The fourth-order valence-corrected chi connectivity index (χ4v) is 4.71. The number of morpholine rings is 1. The number of aryl methyl sites for hydroxylation is 2. The van der Waals surface area contributed by atoms with Gasteiger partial charge in [-0.15, -0.1) is 11.8 Å². The first-order chi connectivity index (χ1) is 13.8. The maximum absolute atomic E-state index is 12.4. The lowest BCUT2D eigenvalue weighted by atomic mass is 10.1. The molecule has 0 saturated carbocycles. The number of thioether (sulfide) groups is 1. The van der Waals surface area contributed by atoms with Crippen LogP contribution in [0.1, 0.15) is 28.7 Å². The van der Waals surface area contributed by atoms with Crippen molar-refractivity contribution in [2.24, 2.45) is 0 Å². The molecule has 148 valence electrons. The normalized spacial score (nSPS) is 16.7. The lowest BCUT2D eigenvalue weighted by Gasteiger charge is -2.27. The SMILES string of the molecule is O=C(CSc1ccc2c(c1)CCC2)NCc1ccccc1CN1CCOCC1. The van der Waals surface area contributed by atoms with Gasteiger partial charge in [0.2, 0.25) is 5.91 Å². The van der Waals surface area contributed by atoms with Gasteiger partial charge < -0.3 is 10.1 Å². The van der Waals surface area contributed by atoms with Gasteiger partial charge in [0.25, 0.3) is 0 Å². The van der Waals surface area contributed by atoms with Gasteiger partial charge in [-0.2, -0.15) is 0 Å². The molecule has 1 N–H and O–H groups in total. The number of rotatable bonds is 7. The Morgan fingerprint density at radius 3 is 2.68 bits per heavy atom. The van der Waals surface area contributed by atoms with Gasteiger partial charge in [-0.05, 0) is 53.6 Å². The summed E-state index contributed by atoms with van der Waals surface area (Å²) in [5.41, 5.74) is 5.42. The number of hydrogen-bond donors (Lipinski definition) is 1. The number of nitrogens with zero attached hydrogens (tertiary/aromatic N) is 1. The molecule has 1 heterocycles. The first-order valence-corrected chi connectivity index (χ1v) is 11.1. The summed E-state index contributed by atoms with van der Waals surface area (Å²) in [5.74, 6) is 0.552. The van der Waals surface area contributed by atoms with Gasteiger partial charge in [-0.1, -0.05) is 30.3 Å². The lowest BCUT2D eigenvalue weighted by Crippen LogP contribution is -2.36. The van der Waals surface area contributed by atoms with E-state index in [4.69, 9.17) is 4.74 Å². The summed E-state index contributed by atoms with van der Waals surface area (Å²) >= 11 is 1.63. The van der Waals surface area contributed by atoms with Gasteiger partial charge in [0, 0.05) is 31.1 Å². The maximum atomic E-state index is 12.4. The van der Waals surface area contributed by atoms with Crippen molar-refractivity contribution in [3.63, 3.8) is 0 Å².